The summed E-state index contributed by atoms with van der Waals surface area (Å²) in [6, 6.07) is 0.534. The number of carbonyl (C=O) groups is 1. The molecule has 1 amide bonds. The van der Waals surface area contributed by atoms with Crippen LogP contribution < -0.4 is 5.32 Å². The third-order valence-corrected chi connectivity index (χ3v) is 4.81. The van der Waals surface area contributed by atoms with E-state index < -0.39 is 0 Å². The molecule has 19 heavy (non-hydrogen) atoms. The Morgan fingerprint density at radius 2 is 1.68 bits per heavy atom. The molecular weight excluding hydrogens is 258 g/mol. The van der Waals surface area contributed by atoms with E-state index in [1.54, 1.807) is 6.92 Å². The highest BCUT2D eigenvalue weighted by atomic mass is 32.1. The van der Waals surface area contributed by atoms with Crippen molar-refractivity contribution in [1.29, 1.82) is 0 Å². The lowest BCUT2D eigenvalue weighted by molar-refractivity contribution is -0.130. The molecule has 0 aromatic rings. The fourth-order valence-corrected chi connectivity index (χ4v) is 3.34. The maximum atomic E-state index is 11.3. The Kier molecular flexibility index (Phi) is 5.02. The van der Waals surface area contributed by atoms with Crippen molar-refractivity contribution in [2.45, 2.75) is 45.6 Å². The van der Waals surface area contributed by atoms with Crippen LogP contribution in [0.15, 0.2) is 0 Å². The molecule has 2 fully saturated rings. The number of rotatable bonds is 1. The van der Waals surface area contributed by atoms with E-state index >= 15 is 0 Å². The zero-order chi connectivity index (χ0) is 13.8. The molecule has 1 saturated heterocycles. The molecule has 5 heteroatoms. The molecule has 0 aromatic heterocycles. The van der Waals surface area contributed by atoms with Crippen molar-refractivity contribution < 1.29 is 4.79 Å². The van der Waals surface area contributed by atoms with Gasteiger partial charge in [-0.15, -0.1) is 0 Å². The molecule has 2 aliphatic rings. The van der Waals surface area contributed by atoms with Crippen molar-refractivity contribution in [2.75, 3.05) is 26.2 Å². The molecule has 0 bridgehead atoms. The smallest absolute Gasteiger partial charge is 0.219 e. The lowest BCUT2D eigenvalue weighted by Crippen LogP contribution is -2.55. The number of carbonyl (C=O) groups excluding carboxylic acids is 1. The molecule has 2 rings (SSSR count). The van der Waals surface area contributed by atoms with Gasteiger partial charge in [0.05, 0.1) is 0 Å². The van der Waals surface area contributed by atoms with Gasteiger partial charge in [0.15, 0.2) is 5.11 Å². The van der Waals surface area contributed by atoms with Crippen molar-refractivity contribution in [1.82, 2.24) is 15.1 Å². The number of piperazine rings is 1. The van der Waals surface area contributed by atoms with Crippen LogP contribution in [0.1, 0.15) is 39.5 Å². The highest BCUT2D eigenvalue weighted by Gasteiger charge is 2.25. The maximum absolute atomic E-state index is 11.3. The number of amides is 1. The first-order chi connectivity index (χ1) is 9.08. The summed E-state index contributed by atoms with van der Waals surface area (Å²) in [5, 5.41) is 4.41. The summed E-state index contributed by atoms with van der Waals surface area (Å²) in [7, 11) is 0. The molecule has 0 spiro atoms. The summed E-state index contributed by atoms with van der Waals surface area (Å²) < 4.78 is 0. The van der Waals surface area contributed by atoms with E-state index in [0.29, 0.717) is 12.0 Å². The molecule has 1 N–H and O–H groups in total. The molecule has 1 heterocycles. The van der Waals surface area contributed by atoms with Crippen LogP contribution in [0.5, 0.6) is 0 Å². The zero-order valence-corrected chi connectivity index (χ0v) is 12.8. The Morgan fingerprint density at radius 3 is 2.26 bits per heavy atom. The van der Waals surface area contributed by atoms with Gasteiger partial charge in [-0.05, 0) is 31.0 Å². The van der Waals surface area contributed by atoms with Gasteiger partial charge < -0.3 is 15.1 Å². The van der Waals surface area contributed by atoms with Crippen LogP contribution in [0.4, 0.5) is 0 Å². The first-order valence-electron chi connectivity index (χ1n) is 7.39. The first-order valence-corrected chi connectivity index (χ1v) is 7.79. The third kappa shape index (κ3) is 3.81. The molecule has 1 saturated carbocycles. The number of hydrogen-bond acceptors (Lipinski definition) is 2. The Morgan fingerprint density at radius 1 is 1.11 bits per heavy atom. The van der Waals surface area contributed by atoms with Crippen molar-refractivity contribution in [2.24, 2.45) is 5.92 Å². The average Bonchev–Trinajstić information content (AvgIpc) is 2.41. The van der Waals surface area contributed by atoms with Gasteiger partial charge in [-0.25, -0.2) is 0 Å². The molecular formula is C14H25N3OS. The molecule has 0 aromatic carbocycles. The van der Waals surface area contributed by atoms with E-state index in [1.165, 1.54) is 25.7 Å². The van der Waals surface area contributed by atoms with Gasteiger partial charge in [-0.3, -0.25) is 4.79 Å². The molecule has 1 aliphatic carbocycles. The Labute approximate surface area is 121 Å². The standard InChI is InChI=1S/C14H25N3OS/c1-11-5-3-4-6-13(11)15-14(19)17-9-7-16(8-10-17)12(2)18/h11,13H,3-10H2,1-2H3,(H,15,19)/t11-,13-/m0/s1. The van der Waals surface area contributed by atoms with E-state index in [-0.39, 0.29) is 5.91 Å². The summed E-state index contributed by atoms with van der Waals surface area (Å²) in [4.78, 5) is 15.4. The minimum absolute atomic E-state index is 0.166. The summed E-state index contributed by atoms with van der Waals surface area (Å²) in [5.41, 5.74) is 0. The van der Waals surface area contributed by atoms with E-state index in [9.17, 15) is 4.79 Å². The molecule has 4 nitrogen and oxygen atoms in total. The quantitative estimate of drug-likeness (QED) is 0.742. The van der Waals surface area contributed by atoms with E-state index in [1.807, 2.05) is 4.90 Å². The second-order valence-electron chi connectivity index (χ2n) is 5.81. The van der Waals surface area contributed by atoms with Crippen molar-refractivity contribution in [3.63, 3.8) is 0 Å². The number of nitrogens with zero attached hydrogens (tertiary/aromatic N) is 2. The van der Waals surface area contributed by atoms with Crippen LogP contribution in [-0.4, -0.2) is 53.0 Å². The third-order valence-electron chi connectivity index (χ3n) is 4.43. The zero-order valence-electron chi connectivity index (χ0n) is 12.0. The molecule has 0 unspecified atom stereocenters. The van der Waals surface area contributed by atoms with Crippen molar-refractivity contribution >= 4 is 23.2 Å². The van der Waals surface area contributed by atoms with Crippen LogP contribution >= 0.6 is 12.2 Å². The molecule has 2 atom stereocenters. The summed E-state index contributed by atoms with van der Waals surface area (Å²) >= 11 is 5.52. The second-order valence-corrected chi connectivity index (χ2v) is 6.20. The van der Waals surface area contributed by atoms with Crippen LogP contribution in [0.25, 0.3) is 0 Å². The Hall–Kier alpha value is -0.840. The molecule has 0 radical (unpaired) electrons. The average molecular weight is 283 g/mol. The SMILES string of the molecule is CC(=O)N1CCN(C(=S)N[C@H]2CCCC[C@@H]2C)CC1. The first kappa shape index (κ1) is 14.6. The topological polar surface area (TPSA) is 35.6 Å². The Balaban J connectivity index is 1.79. The molecule has 108 valence electrons. The highest BCUT2D eigenvalue weighted by molar-refractivity contribution is 7.80. The van der Waals surface area contributed by atoms with Gasteiger partial charge in [-0.1, -0.05) is 19.8 Å². The van der Waals surface area contributed by atoms with Crippen molar-refractivity contribution in [3.05, 3.63) is 0 Å². The lowest BCUT2D eigenvalue weighted by atomic mass is 9.86. The van der Waals surface area contributed by atoms with Gasteiger partial charge in [-0.2, -0.15) is 0 Å². The largest absolute Gasteiger partial charge is 0.360 e. The van der Waals surface area contributed by atoms with Crippen LogP contribution in [0.3, 0.4) is 0 Å². The van der Waals surface area contributed by atoms with Gasteiger partial charge in [0, 0.05) is 39.1 Å². The lowest BCUT2D eigenvalue weighted by Gasteiger charge is -2.38. The highest BCUT2D eigenvalue weighted by Crippen LogP contribution is 2.23. The fourth-order valence-electron chi connectivity index (χ4n) is 3.01. The Bertz CT molecular complexity index is 340. The van der Waals surface area contributed by atoms with Gasteiger partial charge in [0.1, 0.15) is 0 Å². The van der Waals surface area contributed by atoms with Gasteiger partial charge >= 0.3 is 0 Å². The summed E-state index contributed by atoms with van der Waals surface area (Å²) in [5.74, 6) is 0.879. The normalized spacial score (nSPS) is 28.1. The van der Waals surface area contributed by atoms with Gasteiger partial charge in [0.2, 0.25) is 5.91 Å². The number of nitrogens with one attached hydrogen (secondary N) is 1. The minimum atomic E-state index is 0.166. The van der Waals surface area contributed by atoms with Crippen molar-refractivity contribution in [3.8, 4) is 0 Å². The minimum Gasteiger partial charge on any atom is -0.360 e. The summed E-state index contributed by atoms with van der Waals surface area (Å²) in [6.45, 7) is 7.23. The predicted molar refractivity (Wildman–Crippen MR) is 81.0 cm³/mol. The van der Waals surface area contributed by atoms with E-state index in [2.05, 4.69) is 17.1 Å². The number of hydrogen-bond donors (Lipinski definition) is 1. The van der Waals surface area contributed by atoms with Gasteiger partial charge in [0.25, 0.3) is 0 Å². The monoisotopic (exact) mass is 283 g/mol. The molecule has 1 aliphatic heterocycles. The maximum Gasteiger partial charge on any atom is 0.219 e. The summed E-state index contributed by atoms with van der Waals surface area (Å²) in [6.07, 6.45) is 5.19. The van der Waals surface area contributed by atoms with Crippen LogP contribution in [-0.2, 0) is 4.79 Å². The van der Waals surface area contributed by atoms with E-state index in [4.69, 9.17) is 12.2 Å². The fraction of sp³-hybridized carbons (Fsp3) is 0.857. The van der Waals surface area contributed by atoms with E-state index in [0.717, 1.165) is 31.3 Å². The van der Waals surface area contributed by atoms with Crippen LogP contribution in [0.2, 0.25) is 0 Å². The predicted octanol–water partition coefficient (Wildman–Crippen LogP) is 1.60. The van der Waals surface area contributed by atoms with Crippen LogP contribution in [0, 0.1) is 5.92 Å². The second kappa shape index (κ2) is 6.55. The number of thiocarbonyl (C=S) groups is 1.